The summed E-state index contributed by atoms with van der Waals surface area (Å²) in [6.45, 7) is 2.67. The Hall–Kier alpha value is -0.770. The summed E-state index contributed by atoms with van der Waals surface area (Å²) in [6.07, 6.45) is -0.0574. The van der Waals surface area contributed by atoms with E-state index >= 15 is 0 Å². The molecule has 0 spiro atoms. The summed E-state index contributed by atoms with van der Waals surface area (Å²) in [5.41, 5.74) is 1.97. The highest BCUT2D eigenvalue weighted by molar-refractivity contribution is 6.31. The Morgan fingerprint density at radius 3 is 2.56 bits per heavy atom. The van der Waals surface area contributed by atoms with E-state index in [9.17, 15) is 0 Å². The van der Waals surface area contributed by atoms with Crippen LogP contribution in [-0.4, -0.2) is 27.8 Å². The van der Waals surface area contributed by atoms with E-state index in [1.165, 1.54) is 0 Å². The quantitative estimate of drug-likeness (QED) is 0.862. The number of benzene rings is 1. The number of methoxy groups -OCH3 is 2. The first-order chi connectivity index (χ1) is 7.63. The highest BCUT2D eigenvalue weighted by Gasteiger charge is 2.16. The van der Waals surface area contributed by atoms with Gasteiger partial charge < -0.3 is 14.8 Å². The SMILES string of the molecule is CNCC(OC)c1cc(Cl)c(C)cc1OC. The monoisotopic (exact) mass is 243 g/mol. The molecule has 1 aromatic rings. The second-order valence-electron chi connectivity index (χ2n) is 3.63. The Morgan fingerprint density at radius 2 is 2.06 bits per heavy atom. The Morgan fingerprint density at radius 1 is 1.38 bits per heavy atom. The maximum atomic E-state index is 6.11. The molecular formula is C12H18ClNO2. The van der Waals surface area contributed by atoms with Crippen LogP contribution in [0.4, 0.5) is 0 Å². The summed E-state index contributed by atoms with van der Waals surface area (Å²) in [4.78, 5) is 0. The Balaban J connectivity index is 3.13. The molecular weight excluding hydrogens is 226 g/mol. The van der Waals surface area contributed by atoms with E-state index in [0.717, 1.165) is 21.9 Å². The van der Waals surface area contributed by atoms with Crippen molar-refractivity contribution in [3.05, 3.63) is 28.3 Å². The topological polar surface area (TPSA) is 30.5 Å². The van der Waals surface area contributed by atoms with Crippen LogP contribution in [0.25, 0.3) is 0 Å². The molecule has 0 radical (unpaired) electrons. The van der Waals surface area contributed by atoms with Crippen LogP contribution in [0.5, 0.6) is 5.75 Å². The van der Waals surface area contributed by atoms with Crippen molar-refractivity contribution < 1.29 is 9.47 Å². The summed E-state index contributed by atoms with van der Waals surface area (Å²) < 4.78 is 10.8. The number of hydrogen-bond acceptors (Lipinski definition) is 3. The van der Waals surface area contributed by atoms with Gasteiger partial charge in [0.15, 0.2) is 0 Å². The van der Waals surface area contributed by atoms with Crippen LogP contribution in [0.2, 0.25) is 5.02 Å². The zero-order valence-corrected chi connectivity index (χ0v) is 10.9. The lowest BCUT2D eigenvalue weighted by molar-refractivity contribution is 0.102. The van der Waals surface area contributed by atoms with Crippen LogP contribution in [0.1, 0.15) is 17.2 Å². The fourth-order valence-electron chi connectivity index (χ4n) is 1.60. The normalized spacial score (nSPS) is 12.6. The predicted molar refractivity (Wildman–Crippen MR) is 66.4 cm³/mol. The predicted octanol–water partition coefficient (Wildman–Crippen LogP) is 2.56. The van der Waals surface area contributed by atoms with E-state index in [2.05, 4.69) is 5.32 Å². The zero-order chi connectivity index (χ0) is 12.1. The van der Waals surface area contributed by atoms with E-state index in [4.69, 9.17) is 21.1 Å². The number of likely N-dealkylation sites (N-methyl/N-ethyl adjacent to an activating group) is 1. The van der Waals surface area contributed by atoms with Gasteiger partial charge in [-0.2, -0.15) is 0 Å². The molecule has 0 heterocycles. The molecule has 0 saturated heterocycles. The lowest BCUT2D eigenvalue weighted by Crippen LogP contribution is -2.19. The Labute approximate surface area is 102 Å². The molecule has 1 atom stereocenters. The minimum atomic E-state index is -0.0574. The minimum absolute atomic E-state index is 0.0574. The van der Waals surface area contributed by atoms with Crippen molar-refractivity contribution in [1.29, 1.82) is 0 Å². The van der Waals surface area contributed by atoms with Gasteiger partial charge in [0, 0.05) is 24.2 Å². The van der Waals surface area contributed by atoms with Gasteiger partial charge in [0.05, 0.1) is 13.2 Å². The van der Waals surface area contributed by atoms with Crippen LogP contribution >= 0.6 is 11.6 Å². The van der Waals surface area contributed by atoms with Gasteiger partial charge in [-0.05, 0) is 31.7 Å². The molecule has 4 heteroatoms. The van der Waals surface area contributed by atoms with Crippen molar-refractivity contribution in [2.45, 2.75) is 13.0 Å². The van der Waals surface area contributed by atoms with Crippen molar-refractivity contribution >= 4 is 11.6 Å². The standard InChI is InChI=1S/C12H18ClNO2/c1-8-5-11(15-3)9(6-10(8)13)12(16-4)7-14-2/h5-6,12,14H,7H2,1-4H3. The summed E-state index contributed by atoms with van der Waals surface area (Å²) in [5, 5.41) is 3.81. The first-order valence-corrected chi connectivity index (χ1v) is 5.53. The van der Waals surface area contributed by atoms with Gasteiger partial charge in [-0.15, -0.1) is 0 Å². The van der Waals surface area contributed by atoms with E-state index < -0.39 is 0 Å². The largest absolute Gasteiger partial charge is 0.496 e. The molecule has 1 unspecified atom stereocenters. The van der Waals surface area contributed by atoms with Gasteiger partial charge in [-0.25, -0.2) is 0 Å². The van der Waals surface area contributed by atoms with Gasteiger partial charge >= 0.3 is 0 Å². The average Bonchev–Trinajstić information content (AvgIpc) is 2.29. The molecule has 1 N–H and O–H groups in total. The van der Waals surface area contributed by atoms with Gasteiger partial charge in [0.25, 0.3) is 0 Å². The molecule has 0 bridgehead atoms. The van der Waals surface area contributed by atoms with Crippen LogP contribution in [0.3, 0.4) is 0 Å². The van der Waals surface area contributed by atoms with Crippen LogP contribution < -0.4 is 10.1 Å². The fraction of sp³-hybridized carbons (Fsp3) is 0.500. The summed E-state index contributed by atoms with van der Waals surface area (Å²) >= 11 is 6.11. The number of nitrogens with one attached hydrogen (secondary N) is 1. The summed E-state index contributed by atoms with van der Waals surface area (Å²) in [6, 6.07) is 3.83. The van der Waals surface area contributed by atoms with Crippen molar-refractivity contribution in [2.75, 3.05) is 27.8 Å². The molecule has 1 aromatic carbocycles. The number of hydrogen-bond donors (Lipinski definition) is 1. The van der Waals surface area contributed by atoms with Crippen LogP contribution in [-0.2, 0) is 4.74 Å². The Kier molecular flexibility index (Phi) is 5.06. The molecule has 0 aliphatic rings. The zero-order valence-electron chi connectivity index (χ0n) is 10.1. The molecule has 0 amide bonds. The van der Waals surface area contributed by atoms with Crippen molar-refractivity contribution in [1.82, 2.24) is 5.32 Å². The summed E-state index contributed by atoms with van der Waals surface area (Å²) in [7, 11) is 5.21. The molecule has 0 aliphatic carbocycles. The number of halogens is 1. The number of ether oxygens (including phenoxy) is 2. The maximum absolute atomic E-state index is 6.11. The highest BCUT2D eigenvalue weighted by atomic mass is 35.5. The molecule has 1 rings (SSSR count). The van der Waals surface area contributed by atoms with Gasteiger partial charge in [-0.3, -0.25) is 0 Å². The van der Waals surface area contributed by atoms with E-state index in [1.54, 1.807) is 14.2 Å². The highest BCUT2D eigenvalue weighted by Crippen LogP contribution is 2.32. The van der Waals surface area contributed by atoms with Gasteiger partial charge in [0.2, 0.25) is 0 Å². The molecule has 3 nitrogen and oxygen atoms in total. The molecule has 16 heavy (non-hydrogen) atoms. The third kappa shape index (κ3) is 2.88. The van der Waals surface area contributed by atoms with Gasteiger partial charge in [0.1, 0.15) is 5.75 Å². The molecule has 0 aliphatic heterocycles. The maximum Gasteiger partial charge on any atom is 0.125 e. The van der Waals surface area contributed by atoms with Crippen LogP contribution in [0, 0.1) is 6.92 Å². The van der Waals surface area contributed by atoms with Crippen molar-refractivity contribution in [3.8, 4) is 5.75 Å². The lowest BCUT2D eigenvalue weighted by atomic mass is 10.1. The number of rotatable bonds is 5. The molecule has 0 fully saturated rings. The van der Waals surface area contributed by atoms with E-state index in [0.29, 0.717) is 6.54 Å². The third-order valence-corrected chi connectivity index (χ3v) is 2.94. The number of aryl methyl sites for hydroxylation is 1. The van der Waals surface area contributed by atoms with Crippen LogP contribution in [0.15, 0.2) is 12.1 Å². The second-order valence-corrected chi connectivity index (χ2v) is 4.03. The fourth-order valence-corrected chi connectivity index (χ4v) is 1.78. The second kappa shape index (κ2) is 6.09. The molecule has 0 aromatic heterocycles. The lowest BCUT2D eigenvalue weighted by Gasteiger charge is -2.19. The minimum Gasteiger partial charge on any atom is -0.496 e. The average molecular weight is 244 g/mol. The van der Waals surface area contributed by atoms with Gasteiger partial charge in [-0.1, -0.05) is 11.6 Å². The molecule has 90 valence electrons. The van der Waals surface area contributed by atoms with E-state index in [-0.39, 0.29) is 6.10 Å². The third-order valence-electron chi connectivity index (χ3n) is 2.53. The smallest absolute Gasteiger partial charge is 0.125 e. The van der Waals surface area contributed by atoms with E-state index in [1.807, 2.05) is 26.1 Å². The molecule has 0 saturated carbocycles. The first-order valence-electron chi connectivity index (χ1n) is 5.15. The van der Waals surface area contributed by atoms with Crippen molar-refractivity contribution in [2.24, 2.45) is 0 Å². The Bertz CT molecular complexity index is 355. The first kappa shape index (κ1) is 13.3. The van der Waals surface area contributed by atoms with Crippen molar-refractivity contribution in [3.63, 3.8) is 0 Å². The summed E-state index contributed by atoms with van der Waals surface area (Å²) in [5.74, 6) is 0.809.